The van der Waals surface area contributed by atoms with Crippen LogP contribution in [0.15, 0.2) is 53.4 Å². The molecule has 2 rings (SSSR count). The molecule has 0 aliphatic heterocycles. The van der Waals surface area contributed by atoms with Crippen LogP contribution in [-0.2, 0) is 10.0 Å². The number of amides is 1. The second-order valence-corrected chi connectivity index (χ2v) is 7.23. The van der Waals surface area contributed by atoms with E-state index in [0.717, 1.165) is 4.31 Å². The first-order valence-corrected chi connectivity index (χ1v) is 8.24. The highest BCUT2D eigenvalue weighted by Gasteiger charge is 2.19. The predicted molar refractivity (Wildman–Crippen MR) is 88.4 cm³/mol. The predicted octanol–water partition coefficient (Wildman–Crippen LogP) is 2.10. The Bertz CT molecular complexity index is 893. The molecule has 0 atom stereocenters. The van der Waals surface area contributed by atoms with E-state index in [4.69, 9.17) is 0 Å². The lowest BCUT2D eigenvalue weighted by atomic mass is 10.2. The van der Waals surface area contributed by atoms with Crippen LogP contribution < -0.4 is 5.32 Å². The SMILES string of the molecule is CN(C)S(=O)(=O)c1cccc(C(=O)Nc2cccc([N+](=O)[O-])c2)c1. The lowest BCUT2D eigenvalue weighted by molar-refractivity contribution is -0.384. The molecule has 0 spiro atoms. The third kappa shape index (κ3) is 3.76. The first kappa shape index (κ1) is 17.6. The molecule has 0 aliphatic carbocycles. The van der Waals surface area contributed by atoms with Crippen LogP contribution in [0.1, 0.15) is 10.4 Å². The van der Waals surface area contributed by atoms with Crippen LogP contribution in [0.25, 0.3) is 0 Å². The highest BCUT2D eigenvalue weighted by molar-refractivity contribution is 7.89. The summed E-state index contributed by atoms with van der Waals surface area (Å²) in [4.78, 5) is 22.4. The molecule has 0 saturated carbocycles. The monoisotopic (exact) mass is 349 g/mol. The number of carbonyl (C=O) groups excluding carboxylic acids is 1. The van der Waals surface area contributed by atoms with Crippen LogP contribution >= 0.6 is 0 Å². The normalized spacial score (nSPS) is 11.3. The molecule has 0 fully saturated rings. The summed E-state index contributed by atoms with van der Waals surface area (Å²) in [5.41, 5.74) is 0.219. The van der Waals surface area contributed by atoms with Gasteiger partial charge in [-0.3, -0.25) is 14.9 Å². The van der Waals surface area contributed by atoms with Gasteiger partial charge in [-0.25, -0.2) is 12.7 Å². The van der Waals surface area contributed by atoms with Crippen molar-refractivity contribution in [3.05, 3.63) is 64.2 Å². The second kappa shape index (κ2) is 6.77. The zero-order chi connectivity index (χ0) is 17.9. The Morgan fingerprint density at radius 2 is 1.79 bits per heavy atom. The van der Waals surface area contributed by atoms with Crippen LogP contribution in [0.5, 0.6) is 0 Å². The van der Waals surface area contributed by atoms with Gasteiger partial charge in [0.1, 0.15) is 0 Å². The Hall–Kier alpha value is -2.78. The third-order valence-corrected chi connectivity index (χ3v) is 5.00. The molecule has 0 aliphatic rings. The van der Waals surface area contributed by atoms with E-state index >= 15 is 0 Å². The van der Waals surface area contributed by atoms with Gasteiger partial charge >= 0.3 is 0 Å². The quantitative estimate of drug-likeness (QED) is 0.656. The van der Waals surface area contributed by atoms with Crippen molar-refractivity contribution in [2.75, 3.05) is 19.4 Å². The van der Waals surface area contributed by atoms with E-state index in [2.05, 4.69) is 5.32 Å². The van der Waals surface area contributed by atoms with Crippen LogP contribution in [0.3, 0.4) is 0 Å². The Balaban J connectivity index is 2.28. The van der Waals surface area contributed by atoms with Crippen LogP contribution in [0.2, 0.25) is 0 Å². The molecular weight excluding hydrogens is 334 g/mol. The fourth-order valence-electron chi connectivity index (χ4n) is 1.91. The van der Waals surface area contributed by atoms with E-state index in [-0.39, 0.29) is 21.8 Å². The summed E-state index contributed by atoms with van der Waals surface area (Å²) in [6, 6.07) is 11.0. The number of carbonyl (C=O) groups is 1. The Morgan fingerprint density at radius 3 is 2.42 bits per heavy atom. The Morgan fingerprint density at radius 1 is 1.12 bits per heavy atom. The molecule has 1 N–H and O–H groups in total. The number of rotatable bonds is 5. The summed E-state index contributed by atoms with van der Waals surface area (Å²) in [6.07, 6.45) is 0. The van der Waals surface area contributed by atoms with E-state index < -0.39 is 20.9 Å². The van der Waals surface area contributed by atoms with Gasteiger partial charge in [0.25, 0.3) is 11.6 Å². The summed E-state index contributed by atoms with van der Waals surface area (Å²) < 4.78 is 25.3. The summed E-state index contributed by atoms with van der Waals surface area (Å²) in [5, 5.41) is 13.3. The van der Waals surface area contributed by atoms with Gasteiger partial charge in [0.2, 0.25) is 10.0 Å². The molecule has 0 saturated heterocycles. The molecule has 0 heterocycles. The molecule has 8 nitrogen and oxygen atoms in total. The average Bonchev–Trinajstić information content (AvgIpc) is 2.55. The molecule has 126 valence electrons. The molecule has 1 amide bonds. The molecule has 24 heavy (non-hydrogen) atoms. The lowest BCUT2D eigenvalue weighted by Gasteiger charge is -2.12. The number of sulfonamides is 1. The number of nitro benzene ring substituents is 1. The van der Waals surface area contributed by atoms with Crippen molar-refractivity contribution < 1.29 is 18.1 Å². The molecule has 0 aromatic heterocycles. The van der Waals surface area contributed by atoms with Gasteiger partial charge in [-0.1, -0.05) is 12.1 Å². The summed E-state index contributed by atoms with van der Waals surface area (Å²) >= 11 is 0. The van der Waals surface area contributed by atoms with Gasteiger partial charge in [0, 0.05) is 37.5 Å². The minimum atomic E-state index is -3.66. The van der Waals surface area contributed by atoms with Crippen molar-refractivity contribution in [1.82, 2.24) is 4.31 Å². The highest BCUT2D eigenvalue weighted by Crippen LogP contribution is 2.19. The smallest absolute Gasteiger partial charge is 0.271 e. The van der Waals surface area contributed by atoms with Gasteiger partial charge in [0.15, 0.2) is 0 Å². The second-order valence-electron chi connectivity index (χ2n) is 5.08. The van der Waals surface area contributed by atoms with Crippen LogP contribution in [0, 0.1) is 10.1 Å². The number of nitrogens with one attached hydrogen (secondary N) is 1. The number of nitrogens with zero attached hydrogens (tertiary/aromatic N) is 2. The van der Waals surface area contributed by atoms with Crippen LogP contribution in [-0.4, -0.2) is 37.6 Å². The number of anilines is 1. The van der Waals surface area contributed by atoms with Crippen molar-refractivity contribution in [2.24, 2.45) is 0 Å². The summed E-state index contributed by atoms with van der Waals surface area (Å²) in [6.45, 7) is 0. The molecular formula is C15H15N3O5S. The maximum absolute atomic E-state index is 12.3. The van der Waals surface area contributed by atoms with Gasteiger partial charge < -0.3 is 5.32 Å². The topological polar surface area (TPSA) is 110 Å². The van der Waals surface area contributed by atoms with Crippen molar-refractivity contribution in [3.8, 4) is 0 Å². The largest absolute Gasteiger partial charge is 0.322 e. The number of hydrogen-bond donors (Lipinski definition) is 1. The van der Waals surface area contributed by atoms with Gasteiger partial charge in [-0.05, 0) is 24.3 Å². The van der Waals surface area contributed by atoms with E-state index in [1.165, 1.54) is 62.6 Å². The van der Waals surface area contributed by atoms with E-state index in [1.54, 1.807) is 0 Å². The fraction of sp³-hybridized carbons (Fsp3) is 0.133. The van der Waals surface area contributed by atoms with E-state index in [1.807, 2.05) is 0 Å². The Kier molecular flexibility index (Phi) is 4.96. The maximum atomic E-state index is 12.3. The molecule has 2 aromatic rings. The minimum absolute atomic E-state index is 0.0146. The number of nitro groups is 1. The first-order valence-electron chi connectivity index (χ1n) is 6.80. The molecule has 9 heteroatoms. The highest BCUT2D eigenvalue weighted by atomic mass is 32.2. The van der Waals surface area contributed by atoms with Crippen molar-refractivity contribution in [3.63, 3.8) is 0 Å². The third-order valence-electron chi connectivity index (χ3n) is 3.19. The van der Waals surface area contributed by atoms with E-state index in [0.29, 0.717) is 0 Å². The zero-order valence-corrected chi connectivity index (χ0v) is 13.8. The summed E-state index contributed by atoms with van der Waals surface area (Å²) in [5.74, 6) is -0.564. The van der Waals surface area contributed by atoms with Crippen molar-refractivity contribution in [2.45, 2.75) is 4.90 Å². The number of hydrogen-bond acceptors (Lipinski definition) is 5. The van der Waals surface area contributed by atoms with Crippen molar-refractivity contribution in [1.29, 1.82) is 0 Å². The maximum Gasteiger partial charge on any atom is 0.271 e. The minimum Gasteiger partial charge on any atom is -0.322 e. The van der Waals surface area contributed by atoms with Gasteiger partial charge in [-0.15, -0.1) is 0 Å². The summed E-state index contributed by atoms with van der Waals surface area (Å²) in [7, 11) is -0.872. The fourth-order valence-corrected chi connectivity index (χ4v) is 2.86. The lowest BCUT2D eigenvalue weighted by Crippen LogP contribution is -2.22. The molecule has 0 unspecified atom stereocenters. The molecule has 0 radical (unpaired) electrons. The van der Waals surface area contributed by atoms with E-state index in [9.17, 15) is 23.3 Å². The number of benzene rings is 2. The van der Waals surface area contributed by atoms with Crippen molar-refractivity contribution >= 4 is 27.3 Å². The standard InChI is InChI=1S/C15H15N3O5S/c1-17(2)24(22,23)14-8-3-5-11(9-14)15(19)16-12-6-4-7-13(10-12)18(20)21/h3-10H,1-2H3,(H,16,19). The number of non-ortho nitro benzene ring substituents is 1. The first-order chi connectivity index (χ1) is 11.2. The molecule has 2 aromatic carbocycles. The van der Waals surface area contributed by atoms with Gasteiger partial charge in [0.05, 0.1) is 9.82 Å². The Labute approximate surface area is 138 Å². The molecule has 0 bridgehead atoms. The average molecular weight is 349 g/mol. The van der Waals surface area contributed by atoms with Crippen LogP contribution in [0.4, 0.5) is 11.4 Å². The zero-order valence-electron chi connectivity index (χ0n) is 13.0. The van der Waals surface area contributed by atoms with Gasteiger partial charge in [-0.2, -0.15) is 0 Å².